The molecule has 4 aromatic carbocycles. The van der Waals surface area contributed by atoms with Gasteiger partial charge in [-0.3, -0.25) is 9.59 Å². The van der Waals surface area contributed by atoms with Crippen molar-refractivity contribution < 1.29 is 14.0 Å². The van der Waals surface area contributed by atoms with Crippen LogP contribution in [0.15, 0.2) is 110 Å². The van der Waals surface area contributed by atoms with Crippen LogP contribution in [0.4, 0.5) is 15.8 Å². The van der Waals surface area contributed by atoms with Crippen LogP contribution < -0.4 is 10.6 Å². The van der Waals surface area contributed by atoms with Crippen LogP contribution in [0.25, 0.3) is 33.2 Å². The summed E-state index contributed by atoms with van der Waals surface area (Å²) in [5, 5.41) is 6.24. The summed E-state index contributed by atoms with van der Waals surface area (Å²) >= 11 is 0. The van der Waals surface area contributed by atoms with Gasteiger partial charge >= 0.3 is 0 Å². The molecule has 2 amide bonds. The van der Waals surface area contributed by atoms with Gasteiger partial charge in [-0.15, -0.1) is 0 Å². The highest BCUT2D eigenvalue weighted by Crippen LogP contribution is 2.35. The Morgan fingerprint density at radius 1 is 0.811 bits per heavy atom. The molecule has 0 aliphatic rings. The molecule has 1 aromatic heterocycles. The Bertz CT molecular complexity index is 1650. The van der Waals surface area contributed by atoms with Gasteiger partial charge in [-0.25, -0.2) is 14.4 Å². The minimum Gasteiger partial charge on any atom is -0.323 e. The van der Waals surface area contributed by atoms with E-state index in [1.807, 2.05) is 48.5 Å². The van der Waals surface area contributed by atoms with Gasteiger partial charge < -0.3 is 10.6 Å². The number of aromatic nitrogens is 2. The lowest BCUT2D eigenvalue weighted by molar-refractivity contribution is -0.111. The van der Waals surface area contributed by atoms with Gasteiger partial charge in [0, 0.05) is 39.6 Å². The van der Waals surface area contributed by atoms with Crippen molar-refractivity contribution in [3.05, 3.63) is 121 Å². The second-order valence-electron chi connectivity index (χ2n) is 8.27. The topological polar surface area (TPSA) is 84.0 Å². The van der Waals surface area contributed by atoms with Crippen LogP contribution in [0, 0.1) is 5.82 Å². The Balaban J connectivity index is 1.54. The fourth-order valence-electron chi connectivity index (χ4n) is 4.05. The fraction of sp³-hybridized carbons (Fsp3) is 0. The molecule has 0 spiro atoms. The molecule has 0 saturated carbocycles. The third-order valence-corrected chi connectivity index (χ3v) is 5.81. The minimum atomic E-state index is -0.533. The predicted molar refractivity (Wildman–Crippen MR) is 144 cm³/mol. The van der Waals surface area contributed by atoms with Crippen molar-refractivity contribution >= 4 is 34.1 Å². The third-order valence-electron chi connectivity index (χ3n) is 5.81. The van der Waals surface area contributed by atoms with Crippen molar-refractivity contribution in [3.8, 4) is 22.3 Å². The summed E-state index contributed by atoms with van der Waals surface area (Å²) in [6, 6.07) is 24.3. The molecule has 5 aromatic rings. The molecule has 6 nitrogen and oxygen atoms in total. The summed E-state index contributed by atoms with van der Waals surface area (Å²) in [5.41, 5.74) is 4.58. The SMILES string of the molecule is C=CC(=O)Nc1cccc(-c2cc(-c3ccc(C(=O)Nc4ccccc4)cc3F)cc3cncnc23)c1. The second kappa shape index (κ2) is 10.2. The molecule has 37 heavy (non-hydrogen) atoms. The summed E-state index contributed by atoms with van der Waals surface area (Å²) in [6.07, 6.45) is 4.32. The van der Waals surface area contributed by atoms with Crippen LogP contribution in [-0.4, -0.2) is 21.8 Å². The minimum absolute atomic E-state index is 0.208. The fourth-order valence-corrected chi connectivity index (χ4v) is 4.05. The second-order valence-corrected chi connectivity index (χ2v) is 8.27. The Kier molecular flexibility index (Phi) is 6.50. The van der Waals surface area contributed by atoms with Crippen molar-refractivity contribution in [2.24, 2.45) is 0 Å². The maximum absolute atomic E-state index is 15.3. The maximum atomic E-state index is 15.3. The van der Waals surface area contributed by atoms with E-state index < -0.39 is 11.7 Å². The number of benzene rings is 4. The molecule has 2 N–H and O–H groups in total. The highest BCUT2D eigenvalue weighted by Gasteiger charge is 2.15. The monoisotopic (exact) mass is 488 g/mol. The highest BCUT2D eigenvalue weighted by atomic mass is 19.1. The lowest BCUT2D eigenvalue weighted by Gasteiger charge is -2.13. The van der Waals surface area contributed by atoms with Crippen LogP contribution in [-0.2, 0) is 4.79 Å². The standard InChI is InChI=1S/C30H21FN4O2/c1-2-28(36)34-24-10-6-7-19(14-24)26-15-21(13-22-17-32-18-33-29(22)26)25-12-11-20(16-27(25)31)30(37)35-23-8-4-3-5-9-23/h2-18H,1H2,(H,34,36)(H,35,37). The zero-order valence-electron chi connectivity index (χ0n) is 19.6. The highest BCUT2D eigenvalue weighted by molar-refractivity contribution is 6.05. The average Bonchev–Trinajstić information content (AvgIpc) is 2.93. The van der Waals surface area contributed by atoms with Gasteiger partial charge in [0.25, 0.3) is 5.91 Å². The summed E-state index contributed by atoms with van der Waals surface area (Å²) in [6.45, 7) is 3.48. The first-order chi connectivity index (χ1) is 18.0. The first kappa shape index (κ1) is 23.6. The van der Waals surface area contributed by atoms with Crippen LogP contribution in [0.3, 0.4) is 0 Å². The van der Waals surface area contributed by atoms with Gasteiger partial charge in [0.1, 0.15) is 12.1 Å². The summed E-state index contributed by atoms with van der Waals surface area (Å²) in [7, 11) is 0. The number of para-hydroxylation sites is 1. The number of fused-ring (bicyclic) bond motifs is 1. The molecular weight excluding hydrogens is 467 g/mol. The number of hydrogen-bond acceptors (Lipinski definition) is 4. The molecule has 180 valence electrons. The number of anilines is 2. The van der Waals surface area contributed by atoms with Crippen LogP contribution in [0.1, 0.15) is 10.4 Å². The molecule has 7 heteroatoms. The van der Waals surface area contributed by atoms with Crippen LogP contribution in [0.2, 0.25) is 0 Å². The average molecular weight is 489 g/mol. The van der Waals surface area contributed by atoms with E-state index in [0.717, 1.165) is 16.5 Å². The lowest BCUT2D eigenvalue weighted by atomic mass is 9.95. The number of nitrogens with one attached hydrogen (secondary N) is 2. The van der Waals surface area contributed by atoms with Gasteiger partial charge in [0.2, 0.25) is 5.91 Å². The van der Waals surface area contributed by atoms with Crippen LogP contribution >= 0.6 is 0 Å². The van der Waals surface area contributed by atoms with Gasteiger partial charge in [-0.05, 0) is 65.7 Å². The molecule has 0 aliphatic heterocycles. The quantitative estimate of drug-likeness (QED) is 0.268. The Morgan fingerprint density at radius 3 is 2.41 bits per heavy atom. The maximum Gasteiger partial charge on any atom is 0.255 e. The van der Waals surface area contributed by atoms with Crippen molar-refractivity contribution in [2.75, 3.05) is 10.6 Å². The predicted octanol–water partition coefficient (Wildman–Crippen LogP) is 6.48. The van der Waals surface area contributed by atoms with E-state index in [4.69, 9.17) is 0 Å². The summed E-state index contributed by atoms with van der Waals surface area (Å²) < 4.78 is 15.3. The summed E-state index contributed by atoms with van der Waals surface area (Å²) in [4.78, 5) is 33.0. The first-order valence-electron chi connectivity index (χ1n) is 11.5. The number of amides is 2. The van der Waals surface area contributed by atoms with Gasteiger partial charge in [-0.2, -0.15) is 0 Å². The van der Waals surface area contributed by atoms with E-state index in [9.17, 15) is 9.59 Å². The van der Waals surface area contributed by atoms with Gasteiger partial charge in [0.15, 0.2) is 0 Å². The largest absolute Gasteiger partial charge is 0.323 e. The van der Waals surface area contributed by atoms with Crippen molar-refractivity contribution in [1.29, 1.82) is 0 Å². The number of rotatable bonds is 6. The van der Waals surface area contributed by atoms with E-state index in [0.29, 0.717) is 28.0 Å². The lowest BCUT2D eigenvalue weighted by Crippen LogP contribution is -2.12. The molecule has 0 aliphatic carbocycles. The van der Waals surface area contributed by atoms with Crippen molar-refractivity contribution in [2.45, 2.75) is 0 Å². The molecule has 0 radical (unpaired) electrons. The molecular formula is C30H21FN4O2. The van der Waals surface area contributed by atoms with Gasteiger partial charge in [0.05, 0.1) is 5.52 Å². The van der Waals surface area contributed by atoms with E-state index in [2.05, 4.69) is 27.2 Å². The molecule has 0 bridgehead atoms. The van der Waals surface area contributed by atoms with Crippen molar-refractivity contribution in [1.82, 2.24) is 9.97 Å². The molecule has 1 heterocycles. The van der Waals surface area contributed by atoms with E-state index >= 15 is 4.39 Å². The summed E-state index contributed by atoms with van der Waals surface area (Å²) in [5.74, 6) is -1.26. The molecule has 0 unspecified atom stereocenters. The van der Waals surface area contributed by atoms with Crippen LogP contribution in [0.5, 0.6) is 0 Å². The third kappa shape index (κ3) is 5.11. The van der Waals surface area contributed by atoms with E-state index in [1.165, 1.54) is 18.5 Å². The Morgan fingerprint density at radius 2 is 1.62 bits per heavy atom. The number of hydrogen-bond donors (Lipinski definition) is 2. The van der Waals surface area contributed by atoms with E-state index in [-0.39, 0.29) is 11.5 Å². The van der Waals surface area contributed by atoms with Gasteiger partial charge in [-0.1, -0.05) is 43.0 Å². The number of halogens is 1. The smallest absolute Gasteiger partial charge is 0.255 e. The zero-order chi connectivity index (χ0) is 25.8. The van der Waals surface area contributed by atoms with Crippen molar-refractivity contribution in [3.63, 3.8) is 0 Å². The Hall–Kier alpha value is -5.17. The molecule has 5 rings (SSSR count). The normalized spacial score (nSPS) is 10.6. The zero-order valence-corrected chi connectivity index (χ0v) is 19.6. The number of carbonyl (C=O) groups excluding carboxylic acids is 2. The Labute approximate surface area is 212 Å². The number of carbonyl (C=O) groups is 2. The molecule has 0 fully saturated rings. The molecule has 0 atom stereocenters. The first-order valence-corrected chi connectivity index (χ1v) is 11.5. The number of nitrogens with zero attached hydrogens (tertiary/aromatic N) is 2. The van der Waals surface area contributed by atoms with E-state index in [1.54, 1.807) is 36.5 Å². The molecule has 0 saturated heterocycles.